The summed E-state index contributed by atoms with van der Waals surface area (Å²) >= 11 is 0. The van der Waals surface area contributed by atoms with Crippen molar-refractivity contribution in [3.8, 4) is 0 Å². The van der Waals surface area contributed by atoms with Crippen LogP contribution < -0.4 is 10.3 Å². The van der Waals surface area contributed by atoms with Crippen molar-refractivity contribution >= 4 is 17.3 Å². The van der Waals surface area contributed by atoms with Crippen molar-refractivity contribution in [2.45, 2.75) is 33.7 Å². The predicted molar refractivity (Wildman–Crippen MR) is 78.5 cm³/mol. The molecule has 0 amide bonds. The fourth-order valence-corrected chi connectivity index (χ4v) is 2.32. The second-order valence-electron chi connectivity index (χ2n) is 6.54. The van der Waals surface area contributed by atoms with Gasteiger partial charge in [0.25, 0.3) is 0 Å². The van der Waals surface area contributed by atoms with Crippen LogP contribution in [0.5, 0.6) is 0 Å². The Morgan fingerprint density at radius 1 is 1.21 bits per heavy atom. The molecule has 2 aliphatic rings. The molecule has 2 aliphatic heterocycles. The van der Waals surface area contributed by atoms with Gasteiger partial charge in [-0.3, -0.25) is 5.32 Å². The van der Waals surface area contributed by atoms with Crippen molar-refractivity contribution in [2.75, 3.05) is 18.7 Å². The number of hydrogen-bond acceptors (Lipinski definition) is 3. The van der Waals surface area contributed by atoms with Crippen molar-refractivity contribution in [3.05, 3.63) is 24.3 Å². The number of benzene rings is 1. The maximum atomic E-state index is 3.67. The Hall–Kier alpha value is -1.71. The van der Waals surface area contributed by atoms with Gasteiger partial charge in [0.15, 0.2) is 6.67 Å². The molecule has 1 saturated heterocycles. The summed E-state index contributed by atoms with van der Waals surface area (Å²) in [5, 5.41) is 8.25. The van der Waals surface area contributed by atoms with Crippen molar-refractivity contribution < 1.29 is 4.58 Å². The number of fused-ring (bicyclic) bond motifs is 3. The molecule has 1 fully saturated rings. The maximum Gasteiger partial charge on any atom is 0.377 e. The first-order chi connectivity index (χ1) is 8.89. The van der Waals surface area contributed by atoms with Gasteiger partial charge in [-0.1, -0.05) is 32.9 Å². The third-order valence-electron chi connectivity index (χ3n) is 4.20. The lowest BCUT2D eigenvalue weighted by Crippen LogP contribution is -2.49. The fraction of sp³-hybridized carbons (Fsp3) is 0.533. The third kappa shape index (κ3) is 1.95. The van der Waals surface area contributed by atoms with Gasteiger partial charge in [-0.15, -0.1) is 5.01 Å². The van der Waals surface area contributed by atoms with Crippen LogP contribution in [0, 0.1) is 5.41 Å². The largest absolute Gasteiger partial charge is 0.377 e. The van der Waals surface area contributed by atoms with Gasteiger partial charge >= 0.3 is 5.96 Å². The first-order valence-electron chi connectivity index (χ1n) is 6.91. The SMILES string of the molecule is CC(NC1=[N+](C)c2ccccc2N2CN12)C(C)(C)C. The average molecular weight is 259 g/mol. The van der Waals surface area contributed by atoms with Gasteiger partial charge < -0.3 is 0 Å². The van der Waals surface area contributed by atoms with E-state index in [-0.39, 0.29) is 5.41 Å². The summed E-state index contributed by atoms with van der Waals surface area (Å²) < 4.78 is 2.25. The number of nitrogens with one attached hydrogen (secondary N) is 1. The van der Waals surface area contributed by atoms with Gasteiger partial charge in [-0.2, -0.15) is 5.01 Å². The topological polar surface area (TPSA) is 21.1 Å². The first kappa shape index (κ1) is 12.3. The highest BCUT2D eigenvalue weighted by Crippen LogP contribution is 2.38. The van der Waals surface area contributed by atoms with Crippen molar-refractivity contribution in [3.63, 3.8) is 0 Å². The fourth-order valence-electron chi connectivity index (χ4n) is 2.32. The number of hydrogen-bond donors (Lipinski definition) is 1. The predicted octanol–water partition coefficient (Wildman–Crippen LogP) is 2.35. The molecule has 1 N–H and O–H groups in total. The monoisotopic (exact) mass is 259 g/mol. The second kappa shape index (κ2) is 3.89. The van der Waals surface area contributed by atoms with Crippen LogP contribution >= 0.6 is 0 Å². The normalized spacial score (nSPS) is 19.0. The lowest BCUT2D eigenvalue weighted by atomic mass is 9.88. The molecule has 1 aromatic rings. The Kier molecular flexibility index (Phi) is 2.52. The summed E-state index contributed by atoms with van der Waals surface area (Å²) in [7, 11) is 2.13. The smallest absolute Gasteiger partial charge is 0.273 e. The summed E-state index contributed by atoms with van der Waals surface area (Å²) in [6.45, 7) is 10.0. The van der Waals surface area contributed by atoms with Gasteiger partial charge in [0, 0.05) is 0 Å². The Morgan fingerprint density at radius 2 is 1.89 bits per heavy atom. The zero-order valence-electron chi connectivity index (χ0n) is 12.4. The summed E-state index contributed by atoms with van der Waals surface area (Å²) in [5.74, 6) is 1.18. The minimum Gasteiger partial charge on any atom is -0.273 e. The molecular weight excluding hydrogens is 236 g/mol. The molecule has 3 rings (SSSR count). The van der Waals surface area contributed by atoms with Gasteiger partial charge in [-0.25, -0.2) is 4.58 Å². The van der Waals surface area contributed by atoms with E-state index in [0.717, 1.165) is 6.67 Å². The van der Waals surface area contributed by atoms with Crippen LogP contribution in [0.1, 0.15) is 27.7 Å². The van der Waals surface area contributed by atoms with Crippen LogP contribution in [0.3, 0.4) is 0 Å². The lowest BCUT2D eigenvalue weighted by Gasteiger charge is -2.27. The highest BCUT2D eigenvalue weighted by atomic mass is 15.9. The van der Waals surface area contributed by atoms with Crippen LogP contribution in [0.2, 0.25) is 0 Å². The standard InChI is InChI=1S/C15H22N4/c1-11(15(2,3)4)16-14-17(5)12-8-6-7-9-13(12)18-10-19(14)18/h6-9,11H,10H2,1-5H3/p+1. The summed E-state index contributed by atoms with van der Waals surface area (Å²) in [6, 6.07) is 8.96. The molecule has 0 bridgehead atoms. The highest BCUT2D eigenvalue weighted by molar-refractivity contribution is 5.87. The molecule has 0 aliphatic carbocycles. The average Bonchev–Trinajstić information content (AvgIpc) is 3.13. The van der Waals surface area contributed by atoms with Gasteiger partial charge in [0.05, 0.1) is 13.1 Å². The molecular formula is C15H23N4+. The van der Waals surface area contributed by atoms with Gasteiger partial charge in [0.2, 0.25) is 0 Å². The van der Waals surface area contributed by atoms with Crippen LogP contribution in [0.25, 0.3) is 0 Å². The molecule has 2 heterocycles. The molecule has 0 aromatic heterocycles. The van der Waals surface area contributed by atoms with E-state index in [1.807, 2.05) is 0 Å². The van der Waals surface area contributed by atoms with E-state index in [1.165, 1.54) is 17.3 Å². The molecule has 102 valence electrons. The molecule has 1 aromatic carbocycles. The minimum atomic E-state index is 0.242. The van der Waals surface area contributed by atoms with E-state index in [0.29, 0.717) is 6.04 Å². The third-order valence-corrected chi connectivity index (χ3v) is 4.20. The zero-order chi connectivity index (χ0) is 13.8. The molecule has 0 radical (unpaired) electrons. The summed E-state index contributed by atoms with van der Waals surface area (Å²) in [4.78, 5) is 0. The molecule has 0 saturated carbocycles. The summed E-state index contributed by atoms with van der Waals surface area (Å²) in [5.41, 5.74) is 2.80. The van der Waals surface area contributed by atoms with Gasteiger partial charge in [0.1, 0.15) is 11.4 Å². The number of rotatable bonds is 1. The van der Waals surface area contributed by atoms with E-state index >= 15 is 0 Å². The van der Waals surface area contributed by atoms with Crippen molar-refractivity contribution in [1.82, 2.24) is 10.3 Å². The van der Waals surface area contributed by atoms with Crippen molar-refractivity contribution in [1.29, 1.82) is 0 Å². The van der Waals surface area contributed by atoms with E-state index in [1.54, 1.807) is 0 Å². The molecule has 4 nitrogen and oxygen atoms in total. The van der Waals surface area contributed by atoms with Crippen LogP contribution in [-0.4, -0.2) is 35.3 Å². The quantitative estimate of drug-likeness (QED) is 0.618. The molecule has 19 heavy (non-hydrogen) atoms. The van der Waals surface area contributed by atoms with Gasteiger partial charge in [-0.05, 0) is 24.5 Å². The summed E-state index contributed by atoms with van der Waals surface area (Å²) in [6.07, 6.45) is 0. The minimum absolute atomic E-state index is 0.242. The number of anilines is 1. The van der Waals surface area contributed by atoms with E-state index in [2.05, 4.69) is 78.9 Å². The molecule has 1 unspecified atom stereocenters. The van der Waals surface area contributed by atoms with Crippen molar-refractivity contribution in [2.24, 2.45) is 5.41 Å². The lowest BCUT2D eigenvalue weighted by molar-refractivity contribution is -0.414. The number of hydrazine groups is 1. The maximum absolute atomic E-state index is 3.67. The molecule has 1 atom stereocenters. The Balaban J connectivity index is 1.95. The first-order valence-corrected chi connectivity index (χ1v) is 6.91. The molecule has 4 heteroatoms. The highest BCUT2D eigenvalue weighted by Gasteiger charge is 2.49. The molecule has 0 spiro atoms. The van der Waals surface area contributed by atoms with E-state index in [9.17, 15) is 0 Å². The Labute approximate surface area is 115 Å². The van der Waals surface area contributed by atoms with E-state index in [4.69, 9.17) is 0 Å². The van der Waals surface area contributed by atoms with Crippen LogP contribution in [-0.2, 0) is 0 Å². The number of para-hydroxylation sites is 2. The van der Waals surface area contributed by atoms with E-state index < -0.39 is 0 Å². The number of nitrogens with zero attached hydrogens (tertiary/aromatic N) is 3. The number of guanidine groups is 1. The van der Waals surface area contributed by atoms with Crippen LogP contribution in [0.15, 0.2) is 24.3 Å². The Bertz CT molecular complexity index is 541. The second-order valence-corrected chi connectivity index (χ2v) is 6.54. The van der Waals surface area contributed by atoms with Crippen LogP contribution in [0.4, 0.5) is 11.4 Å². The zero-order valence-corrected chi connectivity index (χ0v) is 12.4. The Morgan fingerprint density at radius 3 is 2.58 bits per heavy atom.